The van der Waals surface area contributed by atoms with Gasteiger partial charge in [0, 0.05) is 39.3 Å². The van der Waals surface area contributed by atoms with Gasteiger partial charge in [-0.25, -0.2) is 0 Å². The van der Waals surface area contributed by atoms with Gasteiger partial charge in [0.25, 0.3) is 0 Å². The van der Waals surface area contributed by atoms with Gasteiger partial charge in [0.2, 0.25) is 11.8 Å². The molecule has 0 unspecified atom stereocenters. The van der Waals surface area contributed by atoms with Crippen LogP contribution in [0.25, 0.3) is 0 Å². The van der Waals surface area contributed by atoms with Gasteiger partial charge in [-0.1, -0.05) is 0 Å². The molecule has 1 aliphatic heterocycles. The molecule has 0 saturated carbocycles. The Bertz CT molecular complexity index is 334. The molecule has 0 bridgehead atoms. The Kier molecular flexibility index (Phi) is 6.42. The van der Waals surface area contributed by atoms with E-state index in [2.05, 4.69) is 15.5 Å². The lowest BCUT2D eigenvalue weighted by Gasteiger charge is -2.39. The molecule has 0 aromatic heterocycles. The maximum Gasteiger partial charge on any atom is 0.241 e. The van der Waals surface area contributed by atoms with Crippen LogP contribution in [0, 0.1) is 0 Å². The lowest BCUT2D eigenvalue weighted by molar-refractivity contribution is -0.137. The van der Waals surface area contributed by atoms with Crippen molar-refractivity contribution in [1.29, 1.82) is 0 Å². The molecule has 0 aromatic rings. The number of likely N-dealkylation sites (N-methyl/N-ethyl adjacent to an activating group) is 1. The number of nitrogens with zero attached hydrogens (tertiary/aromatic N) is 2. The van der Waals surface area contributed by atoms with Gasteiger partial charge in [0.1, 0.15) is 0 Å². The van der Waals surface area contributed by atoms with Crippen molar-refractivity contribution >= 4 is 11.8 Å². The molecule has 0 radical (unpaired) electrons. The first-order chi connectivity index (χ1) is 9.43. The number of rotatable bonds is 6. The fourth-order valence-electron chi connectivity index (χ4n) is 2.43. The van der Waals surface area contributed by atoms with Crippen molar-refractivity contribution < 1.29 is 9.59 Å². The van der Waals surface area contributed by atoms with Gasteiger partial charge in [0.05, 0.1) is 12.1 Å². The lowest BCUT2D eigenvalue weighted by Crippen LogP contribution is -2.60. The van der Waals surface area contributed by atoms with E-state index in [0.717, 1.165) is 26.2 Å². The quantitative estimate of drug-likeness (QED) is 0.700. The van der Waals surface area contributed by atoms with Gasteiger partial charge in [-0.15, -0.1) is 0 Å². The van der Waals surface area contributed by atoms with E-state index in [0.29, 0.717) is 13.1 Å². The Labute approximate surface area is 121 Å². The molecular formula is C14H28N4O2. The van der Waals surface area contributed by atoms with E-state index in [9.17, 15) is 9.59 Å². The molecule has 1 saturated heterocycles. The first-order valence-corrected chi connectivity index (χ1v) is 7.45. The van der Waals surface area contributed by atoms with E-state index in [-0.39, 0.29) is 18.4 Å². The number of hydrogen-bond acceptors (Lipinski definition) is 4. The van der Waals surface area contributed by atoms with Crippen LogP contribution in [0.15, 0.2) is 0 Å². The third kappa shape index (κ3) is 4.18. The van der Waals surface area contributed by atoms with Crippen molar-refractivity contribution in [2.24, 2.45) is 0 Å². The molecule has 1 aliphatic rings. The van der Waals surface area contributed by atoms with E-state index in [1.165, 1.54) is 0 Å². The molecule has 1 heterocycles. The molecule has 2 amide bonds. The third-order valence-corrected chi connectivity index (χ3v) is 3.98. The van der Waals surface area contributed by atoms with E-state index in [1.54, 1.807) is 4.90 Å². The summed E-state index contributed by atoms with van der Waals surface area (Å²) in [5, 5.41) is 6.05. The highest BCUT2D eigenvalue weighted by Crippen LogP contribution is 2.15. The molecule has 0 atom stereocenters. The van der Waals surface area contributed by atoms with Crippen molar-refractivity contribution in [3.05, 3.63) is 0 Å². The minimum absolute atomic E-state index is 0.0283. The summed E-state index contributed by atoms with van der Waals surface area (Å²) in [6.07, 6.45) is 0. The first kappa shape index (κ1) is 16.9. The summed E-state index contributed by atoms with van der Waals surface area (Å²) in [5.74, 6) is -0.112. The summed E-state index contributed by atoms with van der Waals surface area (Å²) in [6, 6.07) is 0. The average Bonchev–Trinajstić information content (AvgIpc) is 2.46. The van der Waals surface area contributed by atoms with E-state index >= 15 is 0 Å². The Morgan fingerprint density at radius 3 is 2.25 bits per heavy atom. The standard InChI is InChI=1S/C14H28N4O2/c1-5-17(6-2)12(19)11-16-13(20)14(3,4)18-9-7-15-8-10-18/h15H,5-11H2,1-4H3,(H,16,20). The molecule has 20 heavy (non-hydrogen) atoms. The summed E-state index contributed by atoms with van der Waals surface area (Å²) >= 11 is 0. The van der Waals surface area contributed by atoms with Crippen LogP contribution in [0.3, 0.4) is 0 Å². The SMILES string of the molecule is CCN(CC)C(=O)CNC(=O)C(C)(C)N1CCNCC1. The van der Waals surface area contributed by atoms with E-state index < -0.39 is 5.54 Å². The first-order valence-electron chi connectivity index (χ1n) is 7.45. The van der Waals surface area contributed by atoms with E-state index in [4.69, 9.17) is 0 Å². The summed E-state index contributed by atoms with van der Waals surface area (Å²) in [7, 11) is 0. The summed E-state index contributed by atoms with van der Waals surface area (Å²) in [4.78, 5) is 28.1. The topological polar surface area (TPSA) is 64.7 Å². The molecular weight excluding hydrogens is 256 g/mol. The van der Waals surface area contributed by atoms with Crippen LogP contribution in [-0.4, -0.2) is 73.0 Å². The molecule has 0 aliphatic carbocycles. The van der Waals surface area contributed by atoms with Gasteiger partial charge in [-0.3, -0.25) is 14.5 Å². The largest absolute Gasteiger partial charge is 0.345 e. The summed E-state index contributed by atoms with van der Waals surface area (Å²) in [5.41, 5.74) is -0.578. The summed E-state index contributed by atoms with van der Waals surface area (Å²) < 4.78 is 0. The highest BCUT2D eigenvalue weighted by Gasteiger charge is 2.35. The van der Waals surface area contributed by atoms with Crippen LogP contribution in [0.1, 0.15) is 27.7 Å². The van der Waals surface area contributed by atoms with Crippen molar-refractivity contribution in [2.75, 3.05) is 45.8 Å². The average molecular weight is 284 g/mol. The Morgan fingerprint density at radius 1 is 1.20 bits per heavy atom. The fraction of sp³-hybridized carbons (Fsp3) is 0.857. The molecule has 6 heteroatoms. The maximum atomic E-state index is 12.3. The van der Waals surface area contributed by atoms with Crippen molar-refractivity contribution in [3.8, 4) is 0 Å². The van der Waals surface area contributed by atoms with Crippen molar-refractivity contribution in [3.63, 3.8) is 0 Å². The number of piperazine rings is 1. The number of carbonyl (C=O) groups excluding carboxylic acids is 2. The van der Waals surface area contributed by atoms with Crippen molar-refractivity contribution in [1.82, 2.24) is 20.4 Å². The fourth-order valence-corrected chi connectivity index (χ4v) is 2.43. The predicted molar refractivity (Wildman–Crippen MR) is 79.5 cm³/mol. The second-order valence-electron chi connectivity index (χ2n) is 5.54. The smallest absolute Gasteiger partial charge is 0.241 e. The Morgan fingerprint density at radius 2 is 1.75 bits per heavy atom. The normalized spacial score (nSPS) is 16.8. The zero-order chi connectivity index (χ0) is 15.2. The minimum Gasteiger partial charge on any atom is -0.345 e. The molecule has 1 rings (SSSR count). The summed E-state index contributed by atoms with van der Waals surface area (Å²) in [6.45, 7) is 12.6. The van der Waals surface area contributed by atoms with Gasteiger partial charge in [-0.2, -0.15) is 0 Å². The maximum absolute atomic E-state index is 12.3. The van der Waals surface area contributed by atoms with Crippen LogP contribution in [0.5, 0.6) is 0 Å². The van der Waals surface area contributed by atoms with Crippen LogP contribution in [0.2, 0.25) is 0 Å². The molecule has 1 fully saturated rings. The second-order valence-corrected chi connectivity index (χ2v) is 5.54. The molecule has 0 aromatic carbocycles. The molecule has 116 valence electrons. The predicted octanol–water partition coefficient (Wildman–Crippen LogP) is -0.345. The number of amides is 2. The van der Waals surface area contributed by atoms with Crippen LogP contribution in [0.4, 0.5) is 0 Å². The second kappa shape index (κ2) is 7.59. The van der Waals surface area contributed by atoms with Gasteiger partial charge < -0.3 is 15.5 Å². The van der Waals surface area contributed by atoms with Gasteiger partial charge in [0.15, 0.2) is 0 Å². The Balaban J connectivity index is 2.50. The van der Waals surface area contributed by atoms with E-state index in [1.807, 2.05) is 27.7 Å². The molecule has 6 nitrogen and oxygen atoms in total. The van der Waals surface area contributed by atoms with Crippen LogP contribution >= 0.6 is 0 Å². The number of hydrogen-bond donors (Lipinski definition) is 2. The number of nitrogens with one attached hydrogen (secondary N) is 2. The lowest BCUT2D eigenvalue weighted by atomic mass is 10.0. The minimum atomic E-state index is -0.578. The van der Waals surface area contributed by atoms with Gasteiger partial charge >= 0.3 is 0 Å². The monoisotopic (exact) mass is 284 g/mol. The Hall–Kier alpha value is -1.14. The molecule has 0 spiro atoms. The van der Waals surface area contributed by atoms with Crippen LogP contribution in [-0.2, 0) is 9.59 Å². The number of carbonyl (C=O) groups is 2. The van der Waals surface area contributed by atoms with Crippen molar-refractivity contribution in [2.45, 2.75) is 33.2 Å². The van der Waals surface area contributed by atoms with Crippen LogP contribution < -0.4 is 10.6 Å². The highest BCUT2D eigenvalue weighted by atomic mass is 16.2. The zero-order valence-corrected chi connectivity index (χ0v) is 13.2. The van der Waals surface area contributed by atoms with Gasteiger partial charge in [-0.05, 0) is 27.7 Å². The molecule has 2 N–H and O–H groups in total. The highest BCUT2D eigenvalue weighted by molar-refractivity contribution is 5.89. The zero-order valence-electron chi connectivity index (χ0n) is 13.2. The third-order valence-electron chi connectivity index (χ3n) is 3.98.